The van der Waals surface area contributed by atoms with Crippen LogP contribution < -0.4 is 0 Å². The van der Waals surface area contributed by atoms with Crippen LogP contribution in [0, 0.1) is 0 Å². The molecule has 0 aliphatic carbocycles. The summed E-state index contributed by atoms with van der Waals surface area (Å²) in [6, 6.07) is 10.6. The van der Waals surface area contributed by atoms with Crippen LogP contribution in [0.15, 0.2) is 30.3 Å². The van der Waals surface area contributed by atoms with Gasteiger partial charge in [-0.1, -0.05) is 55.4 Å². The molecular formula is C16H23NS. The average molecular weight is 261 g/mol. The third-order valence-corrected chi connectivity index (χ3v) is 4.69. The molecule has 18 heavy (non-hydrogen) atoms. The van der Waals surface area contributed by atoms with Gasteiger partial charge in [0.1, 0.15) is 0 Å². The lowest BCUT2D eigenvalue weighted by molar-refractivity contribution is 0.412. The standard InChI is InChI=1S/C16H23NS/c1-16(2,14-10-6-5-7-11-14)15(18)17-12-8-3-4-9-13-17/h5-7,10-11H,3-4,8-9,12-13H2,1-2H3. The second kappa shape index (κ2) is 5.83. The first-order valence-electron chi connectivity index (χ1n) is 6.97. The lowest BCUT2D eigenvalue weighted by atomic mass is 9.84. The fourth-order valence-electron chi connectivity index (χ4n) is 2.65. The van der Waals surface area contributed by atoms with Crippen molar-refractivity contribution >= 4 is 17.2 Å². The molecule has 1 aliphatic heterocycles. The van der Waals surface area contributed by atoms with E-state index in [1.807, 2.05) is 0 Å². The number of hydrogen-bond donors (Lipinski definition) is 0. The highest BCUT2D eigenvalue weighted by atomic mass is 32.1. The van der Waals surface area contributed by atoms with Gasteiger partial charge < -0.3 is 4.90 Å². The Balaban J connectivity index is 2.16. The molecule has 0 aromatic heterocycles. The molecule has 0 saturated carbocycles. The van der Waals surface area contributed by atoms with Gasteiger partial charge in [0, 0.05) is 18.5 Å². The van der Waals surface area contributed by atoms with E-state index in [4.69, 9.17) is 12.2 Å². The molecular weight excluding hydrogens is 238 g/mol. The Kier molecular flexibility index (Phi) is 4.39. The quantitative estimate of drug-likeness (QED) is 0.735. The Morgan fingerprint density at radius 3 is 2.11 bits per heavy atom. The van der Waals surface area contributed by atoms with Crippen LogP contribution in [0.4, 0.5) is 0 Å². The summed E-state index contributed by atoms with van der Waals surface area (Å²) in [6.45, 7) is 6.76. The summed E-state index contributed by atoms with van der Waals surface area (Å²) < 4.78 is 0. The highest BCUT2D eigenvalue weighted by Gasteiger charge is 2.29. The molecule has 1 nitrogen and oxygen atoms in total. The Hall–Kier alpha value is -0.890. The van der Waals surface area contributed by atoms with E-state index in [1.54, 1.807) is 0 Å². The third-order valence-electron chi connectivity index (χ3n) is 3.92. The average Bonchev–Trinajstić information content (AvgIpc) is 2.67. The largest absolute Gasteiger partial charge is 0.365 e. The van der Waals surface area contributed by atoms with Crippen LogP contribution in [-0.2, 0) is 5.41 Å². The van der Waals surface area contributed by atoms with Gasteiger partial charge in [-0.2, -0.15) is 0 Å². The first-order chi connectivity index (χ1) is 8.62. The number of benzene rings is 1. The van der Waals surface area contributed by atoms with Crippen LogP contribution in [0.2, 0.25) is 0 Å². The van der Waals surface area contributed by atoms with Gasteiger partial charge in [0.05, 0.1) is 4.99 Å². The fraction of sp³-hybridized carbons (Fsp3) is 0.562. The van der Waals surface area contributed by atoms with Gasteiger partial charge in [-0.25, -0.2) is 0 Å². The maximum absolute atomic E-state index is 5.78. The van der Waals surface area contributed by atoms with E-state index in [9.17, 15) is 0 Å². The number of hydrogen-bond acceptors (Lipinski definition) is 1. The molecule has 0 radical (unpaired) electrons. The molecule has 1 aromatic rings. The highest BCUT2D eigenvalue weighted by molar-refractivity contribution is 7.80. The molecule has 0 atom stereocenters. The van der Waals surface area contributed by atoms with Gasteiger partial charge in [-0.15, -0.1) is 0 Å². The van der Waals surface area contributed by atoms with Gasteiger partial charge in [-0.05, 0) is 32.3 Å². The zero-order valence-corrected chi connectivity index (χ0v) is 12.3. The third kappa shape index (κ3) is 2.92. The molecule has 0 spiro atoms. The van der Waals surface area contributed by atoms with Crippen molar-refractivity contribution in [2.24, 2.45) is 0 Å². The van der Waals surface area contributed by atoms with Crippen molar-refractivity contribution in [2.45, 2.75) is 44.9 Å². The van der Waals surface area contributed by atoms with Crippen molar-refractivity contribution in [3.63, 3.8) is 0 Å². The minimum atomic E-state index is -0.0407. The molecule has 1 saturated heterocycles. The summed E-state index contributed by atoms with van der Waals surface area (Å²) in [4.78, 5) is 3.53. The lowest BCUT2D eigenvalue weighted by Gasteiger charge is -2.35. The van der Waals surface area contributed by atoms with Gasteiger partial charge in [-0.3, -0.25) is 0 Å². The SMILES string of the molecule is CC(C)(C(=S)N1CCCCCC1)c1ccccc1. The van der Waals surface area contributed by atoms with E-state index in [0.717, 1.165) is 18.1 Å². The van der Waals surface area contributed by atoms with Gasteiger partial charge in [0.25, 0.3) is 0 Å². The Labute approximate surface area is 116 Å². The van der Waals surface area contributed by atoms with E-state index < -0.39 is 0 Å². The molecule has 1 aliphatic rings. The summed E-state index contributed by atoms with van der Waals surface area (Å²) in [5.41, 5.74) is 1.28. The molecule has 1 heterocycles. The summed E-state index contributed by atoms with van der Waals surface area (Å²) >= 11 is 5.78. The van der Waals surface area contributed by atoms with Crippen molar-refractivity contribution in [3.05, 3.63) is 35.9 Å². The summed E-state index contributed by atoms with van der Waals surface area (Å²) in [5.74, 6) is 0. The Bertz CT molecular complexity index is 389. The topological polar surface area (TPSA) is 3.24 Å². The van der Waals surface area contributed by atoms with Crippen molar-refractivity contribution in [2.75, 3.05) is 13.1 Å². The van der Waals surface area contributed by atoms with E-state index >= 15 is 0 Å². The summed E-state index contributed by atoms with van der Waals surface area (Å²) in [7, 11) is 0. The number of rotatable bonds is 2. The Morgan fingerprint density at radius 2 is 1.56 bits per heavy atom. The molecule has 2 rings (SSSR count). The molecule has 0 N–H and O–H groups in total. The van der Waals surface area contributed by atoms with E-state index in [-0.39, 0.29) is 5.41 Å². The van der Waals surface area contributed by atoms with Crippen molar-refractivity contribution in [1.82, 2.24) is 4.90 Å². The van der Waals surface area contributed by atoms with Crippen LogP contribution >= 0.6 is 12.2 Å². The Morgan fingerprint density at radius 1 is 1.00 bits per heavy atom. The lowest BCUT2D eigenvalue weighted by Crippen LogP contribution is -2.42. The number of thiocarbonyl (C=S) groups is 1. The van der Waals surface area contributed by atoms with E-state index in [1.165, 1.54) is 31.2 Å². The maximum Gasteiger partial charge on any atom is 0.0880 e. The molecule has 0 amide bonds. The van der Waals surface area contributed by atoms with Crippen LogP contribution in [-0.4, -0.2) is 23.0 Å². The molecule has 98 valence electrons. The first-order valence-corrected chi connectivity index (χ1v) is 7.38. The van der Waals surface area contributed by atoms with Crippen LogP contribution in [0.1, 0.15) is 45.1 Å². The molecule has 1 fully saturated rings. The minimum absolute atomic E-state index is 0.0407. The first kappa shape index (κ1) is 13.5. The van der Waals surface area contributed by atoms with E-state index in [0.29, 0.717) is 0 Å². The van der Waals surface area contributed by atoms with E-state index in [2.05, 4.69) is 49.1 Å². The second-order valence-corrected chi connectivity index (χ2v) is 6.08. The van der Waals surface area contributed by atoms with Crippen LogP contribution in [0.5, 0.6) is 0 Å². The normalized spacial score (nSPS) is 17.3. The predicted octanol–water partition coefficient (Wildman–Crippen LogP) is 4.17. The van der Waals surface area contributed by atoms with Crippen LogP contribution in [0.25, 0.3) is 0 Å². The zero-order chi connectivity index (χ0) is 13.0. The molecule has 0 bridgehead atoms. The van der Waals surface area contributed by atoms with Gasteiger partial charge >= 0.3 is 0 Å². The molecule has 0 unspecified atom stereocenters. The minimum Gasteiger partial charge on any atom is -0.365 e. The number of likely N-dealkylation sites (tertiary alicyclic amines) is 1. The summed E-state index contributed by atoms with van der Waals surface area (Å²) in [5, 5.41) is 0. The second-order valence-electron chi connectivity index (χ2n) is 5.70. The van der Waals surface area contributed by atoms with Gasteiger partial charge in [0.2, 0.25) is 0 Å². The smallest absolute Gasteiger partial charge is 0.0880 e. The highest BCUT2D eigenvalue weighted by Crippen LogP contribution is 2.28. The van der Waals surface area contributed by atoms with Crippen molar-refractivity contribution in [3.8, 4) is 0 Å². The number of nitrogens with zero attached hydrogens (tertiary/aromatic N) is 1. The molecule has 1 aromatic carbocycles. The fourth-order valence-corrected chi connectivity index (χ4v) is 2.95. The van der Waals surface area contributed by atoms with Crippen LogP contribution in [0.3, 0.4) is 0 Å². The summed E-state index contributed by atoms with van der Waals surface area (Å²) in [6.07, 6.45) is 5.27. The predicted molar refractivity (Wildman–Crippen MR) is 82.1 cm³/mol. The zero-order valence-electron chi connectivity index (χ0n) is 11.5. The maximum atomic E-state index is 5.78. The monoisotopic (exact) mass is 261 g/mol. The van der Waals surface area contributed by atoms with Gasteiger partial charge in [0.15, 0.2) is 0 Å². The molecule has 2 heteroatoms. The van der Waals surface area contributed by atoms with Crippen molar-refractivity contribution in [1.29, 1.82) is 0 Å². The van der Waals surface area contributed by atoms with Crippen molar-refractivity contribution < 1.29 is 0 Å².